The summed E-state index contributed by atoms with van der Waals surface area (Å²) >= 11 is 2.93. The van der Waals surface area contributed by atoms with Gasteiger partial charge in [0.25, 0.3) is 0 Å². The highest BCUT2D eigenvalue weighted by atomic mass is 32.2. The van der Waals surface area contributed by atoms with E-state index < -0.39 is 0 Å². The predicted molar refractivity (Wildman–Crippen MR) is 75.7 cm³/mol. The summed E-state index contributed by atoms with van der Waals surface area (Å²) in [6.07, 6.45) is 3.64. The molecule has 0 saturated carbocycles. The molecule has 0 amide bonds. The van der Waals surface area contributed by atoms with E-state index in [1.54, 1.807) is 30.5 Å². The Morgan fingerprint density at radius 3 is 2.61 bits per heavy atom. The van der Waals surface area contributed by atoms with Crippen LogP contribution in [0.2, 0.25) is 0 Å². The molecule has 1 rings (SSSR count). The zero-order valence-corrected chi connectivity index (χ0v) is 11.4. The molecule has 1 aromatic rings. The SMILES string of the molecule is CSC(=NC#N)SCCOc1ccc(C#N)cc1. The minimum absolute atomic E-state index is 0.529. The van der Waals surface area contributed by atoms with Crippen molar-refractivity contribution >= 4 is 27.9 Å². The summed E-state index contributed by atoms with van der Waals surface area (Å²) in [6, 6.07) is 9.01. The first-order chi connectivity index (χ1) is 8.80. The first-order valence-corrected chi connectivity index (χ1v) is 7.27. The van der Waals surface area contributed by atoms with E-state index in [-0.39, 0.29) is 0 Å². The highest BCUT2D eigenvalue weighted by molar-refractivity contribution is 8.38. The van der Waals surface area contributed by atoms with Gasteiger partial charge in [-0.25, -0.2) is 0 Å². The molecule has 6 heteroatoms. The van der Waals surface area contributed by atoms with E-state index in [0.29, 0.717) is 12.2 Å². The van der Waals surface area contributed by atoms with Gasteiger partial charge in [0.15, 0.2) is 0 Å². The van der Waals surface area contributed by atoms with Gasteiger partial charge in [-0.05, 0) is 30.5 Å². The molecule has 0 atom stereocenters. The molecular formula is C12H11N3OS2. The number of ether oxygens (including phenoxy) is 1. The van der Waals surface area contributed by atoms with Crippen molar-refractivity contribution in [3.63, 3.8) is 0 Å². The van der Waals surface area contributed by atoms with Gasteiger partial charge < -0.3 is 4.74 Å². The zero-order chi connectivity index (χ0) is 13.2. The Kier molecular flexibility index (Phi) is 6.78. The van der Waals surface area contributed by atoms with Crippen LogP contribution in [0.5, 0.6) is 5.75 Å². The maximum atomic E-state index is 8.65. The molecule has 0 unspecified atom stereocenters. The number of hydrogen-bond acceptors (Lipinski definition) is 6. The van der Waals surface area contributed by atoms with Gasteiger partial charge in [-0.1, -0.05) is 11.8 Å². The van der Waals surface area contributed by atoms with E-state index in [9.17, 15) is 0 Å². The minimum atomic E-state index is 0.529. The summed E-state index contributed by atoms with van der Waals surface area (Å²) in [5, 5.41) is 17.1. The van der Waals surface area contributed by atoms with Crippen molar-refractivity contribution in [2.24, 2.45) is 4.99 Å². The standard InChI is InChI=1S/C12H11N3OS2/c1-17-12(15-9-14)18-7-6-16-11-4-2-10(8-13)3-5-11/h2-5H,6-7H2,1H3. The van der Waals surface area contributed by atoms with Crippen LogP contribution in [0.4, 0.5) is 0 Å². The summed E-state index contributed by atoms with van der Waals surface area (Å²) in [5.74, 6) is 1.46. The van der Waals surface area contributed by atoms with E-state index in [1.165, 1.54) is 23.5 Å². The van der Waals surface area contributed by atoms with E-state index in [4.69, 9.17) is 15.3 Å². The quantitative estimate of drug-likeness (QED) is 0.366. The summed E-state index contributed by atoms with van der Waals surface area (Å²) < 4.78 is 6.24. The third kappa shape index (κ3) is 5.13. The summed E-state index contributed by atoms with van der Waals surface area (Å²) in [7, 11) is 0. The van der Waals surface area contributed by atoms with Crippen LogP contribution in [0.15, 0.2) is 29.3 Å². The van der Waals surface area contributed by atoms with Gasteiger partial charge in [-0.2, -0.15) is 15.5 Å². The van der Waals surface area contributed by atoms with Gasteiger partial charge in [0.05, 0.1) is 18.2 Å². The number of hydrogen-bond donors (Lipinski definition) is 0. The lowest BCUT2D eigenvalue weighted by Crippen LogP contribution is -2.01. The zero-order valence-electron chi connectivity index (χ0n) is 9.79. The van der Waals surface area contributed by atoms with Crippen molar-refractivity contribution in [2.45, 2.75) is 0 Å². The average Bonchev–Trinajstić information content (AvgIpc) is 2.43. The third-order valence-electron chi connectivity index (χ3n) is 1.88. The molecule has 0 aliphatic carbocycles. The second-order valence-electron chi connectivity index (χ2n) is 3.01. The topological polar surface area (TPSA) is 69.2 Å². The Bertz CT molecular complexity index is 486. The fraction of sp³-hybridized carbons (Fsp3) is 0.250. The summed E-state index contributed by atoms with van der Waals surface area (Å²) in [6.45, 7) is 0.529. The average molecular weight is 277 g/mol. The first kappa shape index (κ1) is 14.4. The highest BCUT2D eigenvalue weighted by Gasteiger charge is 1.99. The molecule has 0 spiro atoms. The molecule has 0 aromatic heterocycles. The van der Waals surface area contributed by atoms with Crippen LogP contribution in [0, 0.1) is 22.8 Å². The number of rotatable bonds is 4. The fourth-order valence-corrected chi connectivity index (χ4v) is 2.39. The van der Waals surface area contributed by atoms with Crippen LogP contribution < -0.4 is 4.74 Å². The Morgan fingerprint density at radius 2 is 2.06 bits per heavy atom. The molecule has 92 valence electrons. The number of aliphatic imine (C=N–C) groups is 1. The number of nitriles is 2. The highest BCUT2D eigenvalue weighted by Crippen LogP contribution is 2.16. The van der Waals surface area contributed by atoms with Gasteiger partial charge in [-0.3, -0.25) is 0 Å². The normalized spacial score (nSPS) is 10.5. The number of thioether (sulfide) groups is 2. The maximum Gasteiger partial charge on any atom is 0.207 e. The smallest absolute Gasteiger partial charge is 0.207 e. The molecule has 0 heterocycles. The Morgan fingerprint density at radius 1 is 1.33 bits per heavy atom. The van der Waals surface area contributed by atoms with Crippen molar-refractivity contribution in [1.29, 1.82) is 10.5 Å². The lowest BCUT2D eigenvalue weighted by molar-refractivity contribution is 0.344. The molecule has 18 heavy (non-hydrogen) atoms. The number of benzene rings is 1. The Labute approximate surface area is 115 Å². The van der Waals surface area contributed by atoms with Crippen molar-refractivity contribution in [3.8, 4) is 18.0 Å². The largest absolute Gasteiger partial charge is 0.493 e. The third-order valence-corrected chi connectivity index (χ3v) is 3.88. The second-order valence-corrected chi connectivity index (χ2v) is 5.15. The molecule has 0 N–H and O–H groups in total. The summed E-state index contributed by atoms with van der Waals surface area (Å²) in [5.41, 5.74) is 0.613. The number of nitrogens with zero attached hydrogens (tertiary/aromatic N) is 3. The van der Waals surface area contributed by atoms with E-state index in [2.05, 4.69) is 4.99 Å². The predicted octanol–water partition coefficient (Wildman–Crippen LogP) is 2.87. The molecular weight excluding hydrogens is 266 g/mol. The first-order valence-electron chi connectivity index (χ1n) is 5.06. The monoisotopic (exact) mass is 277 g/mol. The Hall–Kier alpha value is -1.63. The summed E-state index contributed by atoms with van der Waals surface area (Å²) in [4.78, 5) is 3.67. The van der Waals surface area contributed by atoms with Crippen molar-refractivity contribution in [3.05, 3.63) is 29.8 Å². The van der Waals surface area contributed by atoms with Gasteiger partial charge in [0, 0.05) is 5.75 Å². The molecule has 0 aliphatic heterocycles. The lowest BCUT2D eigenvalue weighted by Gasteiger charge is -2.05. The maximum absolute atomic E-state index is 8.65. The second kappa shape index (κ2) is 8.46. The van der Waals surface area contributed by atoms with Gasteiger partial charge in [0.1, 0.15) is 10.1 Å². The van der Waals surface area contributed by atoms with Crippen molar-refractivity contribution in [1.82, 2.24) is 0 Å². The van der Waals surface area contributed by atoms with Crippen LogP contribution in [0.25, 0.3) is 0 Å². The van der Waals surface area contributed by atoms with E-state index >= 15 is 0 Å². The van der Waals surface area contributed by atoms with Crippen molar-refractivity contribution in [2.75, 3.05) is 18.6 Å². The molecule has 0 radical (unpaired) electrons. The van der Waals surface area contributed by atoms with E-state index in [0.717, 1.165) is 15.9 Å². The van der Waals surface area contributed by atoms with Crippen LogP contribution in [0.3, 0.4) is 0 Å². The van der Waals surface area contributed by atoms with Crippen LogP contribution in [0.1, 0.15) is 5.56 Å². The van der Waals surface area contributed by atoms with Crippen LogP contribution >= 0.6 is 23.5 Å². The van der Waals surface area contributed by atoms with E-state index in [1.807, 2.05) is 12.3 Å². The van der Waals surface area contributed by atoms with Crippen LogP contribution in [-0.2, 0) is 0 Å². The molecule has 4 nitrogen and oxygen atoms in total. The fourth-order valence-electron chi connectivity index (χ4n) is 1.09. The van der Waals surface area contributed by atoms with Crippen LogP contribution in [-0.4, -0.2) is 23.0 Å². The molecule has 0 fully saturated rings. The van der Waals surface area contributed by atoms with Gasteiger partial charge >= 0.3 is 0 Å². The van der Waals surface area contributed by atoms with Crippen molar-refractivity contribution < 1.29 is 4.74 Å². The molecule has 1 aromatic carbocycles. The minimum Gasteiger partial charge on any atom is -0.493 e. The lowest BCUT2D eigenvalue weighted by atomic mass is 10.2. The molecule has 0 aliphatic rings. The van der Waals surface area contributed by atoms with Gasteiger partial charge in [0.2, 0.25) is 6.19 Å². The molecule has 0 bridgehead atoms. The molecule has 0 saturated heterocycles. The van der Waals surface area contributed by atoms with Gasteiger partial charge in [-0.15, -0.1) is 11.8 Å². The Balaban J connectivity index is 2.32.